The molecule has 1 atom stereocenters. The Morgan fingerprint density at radius 2 is 2.08 bits per heavy atom. The summed E-state index contributed by atoms with van der Waals surface area (Å²) in [7, 11) is 0. The van der Waals surface area contributed by atoms with Gasteiger partial charge in [-0.15, -0.1) is 0 Å². The van der Waals surface area contributed by atoms with E-state index in [1.54, 1.807) is 0 Å². The number of ether oxygens (including phenoxy) is 1. The Morgan fingerprint density at radius 3 is 2.67 bits per heavy atom. The summed E-state index contributed by atoms with van der Waals surface area (Å²) in [6.45, 7) is 5.36. The van der Waals surface area contributed by atoms with Gasteiger partial charge in [-0.1, -0.05) is 31.9 Å². The molecule has 0 radical (unpaired) electrons. The van der Waals surface area contributed by atoms with Crippen molar-refractivity contribution in [3.63, 3.8) is 0 Å². The smallest absolute Gasteiger partial charge is 0.0922 e. The zero-order valence-electron chi connectivity index (χ0n) is 8.31. The van der Waals surface area contributed by atoms with Crippen LogP contribution >= 0.6 is 0 Å². The van der Waals surface area contributed by atoms with Crippen molar-refractivity contribution in [2.75, 3.05) is 6.61 Å². The van der Waals surface area contributed by atoms with Gasteiger partial charge in [0.25, 0.3) is 0 Å². The Labute approximate surface area is 75.8 Å². The quantitative estimate of drug-likeness (QED) is 0.337. The van der Waals surface area contributed by atoms with Gasteiger partial charge in [0.2, 0.25) is 0 Å². The second-order valence-electron chi connectivity index (χ2n) is 3.91. The summed E-state index contributed by atoms with van der Waals surface area (Å²) in [6, 6.07) is 0. The molecular formula is C11H20O. The topological polar surface area (TPSA) is 12.5 Å². The van der Waals surface area contributed by atoms with E-state index < -0.39 is 0 Å². The average Bonchev–Trinajstić information content (AvgIpc) is 2.77. The molecule has 0 aromatic rings. The molecule has 0 aromatic heterocycles. The molecule has 0 aromatic carbocycles. The van der Waals surface area contributed by atoms with Gasteiger partial charge >= 0.3 is 0 Å². The zero-order valence-corrected chi connectivity index (χ0v) is 8.31. The Balaban J connectivity index is 1.91. The van der Waals surface area contributed by atoms with Gasteiger partial charge in [0.1, 0.15) is 0 Å². The number of epoxide rings is 1. The number of unbranched alkanes of at least 4 members (excludes halogenated alkanes) is 3. The Kier molecular flexibility index (Phi) is 3.80. The normalized spacial score (nSPS) is 28.2. The third-order valence-corrected chi connectivity index (χ3v) is 2.33. The minimum atomic E-state index is 0.210. The predicted octanol–water partition coefficient (Wildman–Crippen LogP) is 3.30. The highest BCUT2D eigenvalue weighted by Crippen LogP contribution is 2.30. The molecule has 1 fully saturated rings. The average molecular weight is 168 g/mol. The maximum Gasteiger partial charge on any atom is 0.0922 e. The molecule has 12 heavy (non-hydrogen) atoms. The Hall–Kier alpha value is -0.300. The van der Waals surface area contributed by atoms with Crippen LogP contribution in [0.3, 0.4) is 0 Å². The summed E-state index contributed by atoms with van der Waals surface area (Å²) < 4.78 is 5.27. The second-order valence-corrected chi connectivity index (χ2v) is 3.91. The van der Waals surface area contributed by atoms with Crippen molar-refractivity contribution >= 4 is 0 Å². The van der Waals surface area contributed by atoms with E-state index in [1.165, 1.54) is 25.7 Å². The van der Waals surface area contributed by atoms with Crippen LogP contribution in [0, 0.1) is 0 Å². The maximum absolute atomic E-state index is 5.27. The van der Waals surface area contributed by atoms with Crippen LogP contribution in [0.2, 0.25) is 0 Å². The molecule has 1 aliphatic heterocycles. The summed E-state index contributed by atoms with van der Waals surface area (Å²) in [5.41, 5.74) is 0.210. The molecule has 0 bridgehead atoms. The monoisotopic (exact) mass is 168 g/mol. The van der Waals surface area contributed by atoms with Crippen molar-refractivity contribution in [2.45, 2.75) is 51.6 Å². The number of allylic oxidation sites excluding steroid dienone is 1. The molecule has 0 amide bonds. The van der Waals surface area contributed by atoms with Crippen molar-refractivity contribution in [3.05, 3.63) is 12.2 Å². The fourth-order valence-electron chi connectivity index (χ4n) is 1.20. The van der Waals surface area contributed by atoms with Gasteiger partial charge in [0, 0.05) is 0 Å². The molecule has 1 rings (SSSR count). The molecule has 1 heterocycles. The maximum atomic E-state index is 5.27. The van der Waals surface area contributed by atoms with Crippen LogP contribution < -0.4 is 0 Å². The molecule has 1 aliphatic rings. The van der Waals surface area contributed by atoms with Crippen LogP contribution in [0.1, 0.15) is 46.0 Å². The number of hydrogen-bond donors (Lipinski definition) is 0. The summed E-state index contributed by atoms with van der Waals surface area (Å²) in [4.78, 5) is 0. The summed E-state index contributed by atoms with van der Waals surface area (Å²) in [5.74, 6) is 0. The SMILES string of the molecule is CCCCC/C=C/C[C@@]1(C)CO1. The van der Waals surface area contributed by atoms with Gasteiger partial charge in [-0.05, 0) is 26.2 Å². The number of rotatable bonds is 6. The standard InChI is InChI=1S/C11H20O/c1-3-4-5-6-7-8-9-11(2)10-12-11/h7-8H,3-6,9-10H2,1-2H3/b8-7+/t11-/m0/s1. The van der Waals surface area contributed by atoms with Gasteiger partial charge in [-0.25, -0.2) is 0 Å². The summed E-state index contributed by atoms with van der Waals surface area (Å²) in [5, 5.41) is 0. The fourth-order valence-corrected chi connectivity index (χ4v) is 1.20. The summed E-state index contributed by atoms with van der Waals surface area (Å²) >= 11 is 0. The molecule has 0 unspecified atom stereocenters. The van der Waals surface area contributed by atoms with Crippen LogP contribution in [0.4, 0.5) is 0 Å². The number of hydrogen-bond acceptors (Lipinski definition) is 1. The summed E-state index contributed by atoms with van der Waals surface area (Å²) in [6.07, 6.45) is 10.9. The Bertz CT molecular complexity index is 145. The molecule has 0 spiro atoms. The van der Waals surface area contributed by atoms with E-state index in [9.17, 15) is 0 Å². The minimum absolute atomic E-state index is 0.210. The van der Waals surface area contributed by atoms with Crippen molar-refractivity contribution < 1.29 is 4.74 Å². The van der Waals surface area contributed by atoms with Gasteiger partial charge in [-0.3, -0.25) is 0 Å². The van der Waals surface area contributed by atoms with Crippen LogP contribution in [-0.4, -0.2) is 12.2 Å². The highest BCUT2D eigenvalue weighted by atomic mass is 16.6. The molecule has 0 aliphatic carbocycles. The van der Waals surface area contributed by atoms with Crippen LogP contribution in [0.25, 0.3) is 0 Å². The highest BCUT2D eigenvalue weighted by molar-refractivity contribution is 4.96. The lowest BCUT2D eigenvalue weighted by molar-refractivity contribution is 0.325. The Morgan fingerprint density at radius 1 is 1.33 bits per heavy atom. The van der Waals surface area contributed by atoms with Crippen LogP contribution in [0.15, 0.2) is 12.2 Å². The molecule has 0 N–H and O–H groups in total. The van der Waals surface area contributed by atoms with Crippen LogP contribution in [-0.2, 0) is 4.74 Å². The lowest BCUT2D eigenvalue weighted by Gasteiger charge is -1.97. The first-order valence-electron chi connectivity index (χ1n) is 5.06. The van der Waals surface area contributed by atoms with Crippen LogP contribution in [0.5, 0.6) is 0 Å². The zero-order chi connectivity index (χ0) is 8.86. The van der Waals surface area contributed by atoms with Gasteiger partial charge in [-0.2, -0.15) is 0 Å². The first-order chi connectivity index (χ1) is 5.77. The lowest BCUT2D eigenvalue weighted by Crippen LogP contribution is -2.00. The largest absolute Gasteiger partial charge is 0.370 e. The van der Waals surface area contributed by atoms with E-state index in [0.29, 0.717) is 0 Å². The highest BCUT2D eigenvalue weighted by Gasteiger charge is 2.37. The van der Waals surface area contributed by atoms with Crippen molar-refractivity contribution in [1.82, 2.24) is 0 Å². The van der Waals surface area contributed by atoms with E-state index >= 15 is 0 Å². The van der Waals surface area contributed by atoms with E-state index in [0.717, 1.165) is 13.0 Å². The minimum Gasteiger partial charge on any atom is -0.370 e. The van der Waals surface area contributed by atoms with Gasteiger partial charge in [0.05, 0.1) is 12.2 Å². The molecule has 1 saturated heterocycles. The van der Waals surface area contributed by atoms with Crippen molar-refractivity contribution in [3.8, 4) is 0 Å². The molecule has 1 nitrogen and oxygen atoms in total. The molecule has 0 saturated carbocycles. The second kappa shape index (κ2) is 4.66. The van der Waals surface area contributed by atoms with Crippen molar-refractivity contribution in [2.24, 2.45) is 0 Å². The van der Waals surface area contributed by atoms with E-state index in [4.69, 9.17) is 4.74 Å². The third-order valence-electron chi connectivity index (χ3n) is 2.33. The van der Waals surface area contributed by atoms with Gasteiger partial charge < -0.3 is 4.74 Å². The first-order valence-corrected chi connectivity index (χ1v) is 5.06. The van der Waals surface area contributed by atoms with Gasteiger partial charge in [0.15, 0.2) is 0 Å². The fraction of sp³-hybridized carbons (Fsp3) is 0.818. The lowest BCUT2D eigenvalue weighted by atomic mass is 10.1. The van der Waals surface area contributed by atoms with E-state index in [-0.39, 0.29) is 5.60 Å². The molecule has 70 valence electrons. The van der Waals surface area contributed by atoms with Crippen molar-refractivity contribution in [1.29, 1.82) is 0 Å². The predicted molar refractivity (Wildman–Crippen MR) is 52.3 cm³/mol. The first kappa shape index (κ1) is 9.79. The van der Waals surface area contributed by atoms with E-state index in [1.807, 2.05) is 0 Å². The molecular weight excluding hydrogens is 148 g/mol. The third kappa shape index (κ3) is 3.91. The molecule has 1 heteroatoms. The van der Waals surface area contributed by atoms with E-state index in [2.05, 4.69) is 26.0 Å².